The van der Waals surface area contributed by atoms with Crippen molar-refractivity contribution in [1.29, 1.82) is 0 Å². The number of ether oxygens (including phenoxy) is 2. The molecule has 0 aliphatic carbocycles. The summed E-state index contributed by atoms with van der Waals surface area (Å²) in [6, 6.07) is 8.37. The maximum absolute atomic E-state index is 13.0. The molecule has 1 atom stereocenters. The van der Waals surface area contributed by atoms with E-state index in [-0.39, 0.29) is 34.8 Å². The van der Waals surface area contributed by atoms with Gasteiger partial charge in [0, 0.05) is 37.8 Å². The largest absolute Gasteiger partial charge is 0.573 e. The van der Waals surface area contributed by atoms with Crippen molar-refractivity contribution in [3.63, 3.8) is 0 Å². The van der Waals surface area contributed by atoms with Crippen LogP contribution in [0.5, 0.6) is 11.5 Å². The number of hydrogen-bond acceptors (Lipinski definition) is 6. The number of benzene rings is 2. The predicted octanol–water partition coefficient (Wildman–Crippen LogP) is 3.98. The molecular weight excluding hydrogens is 503 g/mol. The molecule has 2 amide bonds. The molecular formula is C23H26F3N3O6S. The van der Waals surface area contributed by atoms with Crippen LogP contribution in [0.4, 0.5) is 24.5 Å². The summed E-state index contributed by atoms with van der Waals surface area (Å²) in [5.41, 5.74) is 0.145. The molecule has 0 radical (unpaired) electrons. The van der Waals surface area contributed by atoms with Gasteiger partial charge in [0.2, 0.25) is 11.8 Å². The highest BCUT2D eigenvalue weighted by atomic mass is 32.2. The van der Waals surface area contributed by atoms with Crippen molar-refractivity contribution < 1.29 is 40.7 Å². The lowest BCUT2D eigenvalue weighted by atomic mass is 9.97. The molecule has 0 bridgehead atoms. The summed E-state index contributed by atoms with van der Waals surface area (Å²) in [6.07, 6.45) is -3.62. The molecule has 0 spiro atoms. The van der Waals surface area contributed by atoms with E-state index in [0.29, 0.717) is 31.6 Å². The predicted molar refractivity (Wildman–Crippen MR) is 125 cm³/mol. The van der Waals surface area contributed by atoms with Crippen molar-refractivity contribution in [2.75, 3.05) is 29.7 Å². The van der Waals surface area contributed by atoms with Gasteiger partial charge in [0.15, 0.2) is 0 Å². The van der Waals surface area contributed by atoms with Gasteiger partial charge in [-0.2, -0.15) is 0 Å². The fourth-order valence-corrected chi connectivity index (χ4v) is 4.94. The van der Waals surface area contributed by atoms with Gasteiger partial charge in [0.05, 0.1) is 18.2 Å². The summed E-state index contributed by atoms with van der Waals surface area (Å²) in [6.45, 7) is 4.10. The number of piperidine rings is 1. The molecule has 1 aliphatic rings. The van der Waals surface area contributed by atoms with E-state index in [1.807, 2.05) is 0 Å². The van der Waals surface area contributed by atoms with Crippen LogP contribution in [0.2, 0.25) is 0 Å². The number of likely N-dealkylation sites (tertiary alicyclic amines) is 1. The lowest BCUT2D eigenvalue weighted by Crippen LogP contribution is -2.42. The van der Waals surface area contributed by atoms with E-state index in [1.165, 1.54) is 37.3 Å². The minimum absolute atomic E-state index is 0.0560. The Balaban J connectivity index is 1.79. The molecule has 2 aromatic carbocycles. The van der Waals surface area contributed by atoms with Crippen molar-refractivity contribution in [3.05, 3.63) is 42.5 Å². The molecule has 1 heterocycles. The van der Waals surface area contributed by atoms with Crippen LogP contribution >= 0.6 is 0 Å². The van der Waals surface area contributed by atoms with E-state index in [2.05, 4.69) is 14.8 Å². The van der Waals surface area contributed by atoms with Crippen LogP contribution in [-0.2, 0) is 19.6 Å². The second-order valence-corrected chi connectivity index (χ2v) is 9.72. The fraction of sp³-hybridized carbons (Fsp3) is 0.391. The highest BCUT2D eigenvalue weighted by molar-refractivity contribution is 7.92. The molecule has 0 saturated carbocycles. The molecule has 9 nitrogen and oxygen atoms in total. The monoisotopic (exact) mass is 529 g/mol. The minimum atomic E-state index is -4.93. The standard InChI is InChI=1S/C23H26F3N3O6S/c1-3-34-20-13-17(27-22(31)16-6-5-11-29(14-16)15(2)30)9-10-21(20)36(32,33)28-18-7-4-8-19(12-18)35-23(24,25)26/h4,7-10,12-13,16,28H,3,5-6,11,14H2,1-2H3,(H,27,31). The van der Waals surface area contributed by atoms with Gasteiger partial charge in [-0.1, -0.05) is 6.07 Å². The number of hydrogen-bond donors (Lipinski definition) is 2. The molecule has 2 N–H and O–H groups in total. The summed E-state index contributed by atoms with van der Waals surface area (Å²) in [4.78, 5) is 25.7. The second kappa shape index (κ2) is 11.1. The van der Waals surface area contributed by atoms with Crippen molar-refractivity contribution in [1.82, 2.24) is 4.90 Å². The summed E-state index contributed by atoms with van der Waals surface area (Å²) >= 11 is 0. The number of anilines is 2. The van der Waals surface area contributed by atoms with Crippen molar-refractivity contribution in [2.24, 2.45) is 5.92 Å². The Morgan fingerprint density at radius 2 is 1.89 bits per heavy atom. The van der Waals surface area contributed by atoms with Gasteiger partial charge in [0.25, 0.3) is 10.0 Å². The van der Waals surface area contributed by atoms with Crippen molar-refractivity contribution in [2.45, 2.75) is 37.9 Å². The number of carbonyl (C=O) groups excluding carboxylic acids is 2. The van der Waals surface area contributed by atoms with E-state index in [0.717, 1.165) is 12.1 Å². The Morgan fingerprint density at radius 3 is 2.56 bits per heavy atom. The zero-order valence-corrected chi connectivity index (χ0v) is 20.4. The summed E-state index contributed by atoms with van der Waals surface area (Å²) < 4.78 is 75.0. The third-order valence-corrected chi connectivity index (χ3v) is 6.78. The summed E-state index contributed by atoms with van der Waals surface area (Å²) in [7, 11) is -4.28. The van der Waals surface area contributed by atoms with Crippen LogP contribution in [0.15, 0.2) is 47.4 Å². The highest BCUT2D eigenvalue weighted by Gasteiger charge is 2.31. The van der Waals surface area contributed by atoms with Crippen LogP contribution < -0.4 is 19.5 Å². The molecule has 1 aliphatic heterocycles. The number of halogens is 3. The summed E-state index contributed by atoms with van der Waals surface area (Å²) in [5.74, 6) is -1.46. The average molecular weight is 530 g/mol. The van der Waals surface area contributed by atoms with Gasteiger partial charge in [-0.25, -0.2) is 8.42 Å². The second-order valence-electron chi connectivity index (χ2n) is 8.07. The Labute approximate surface area is 206 Å². The molecule has 3 rings (SSSR count). The maximum Gasteiger partial charge on any atom is 0.573 e. The first-order valence-corrected chi connectivity index (χ1v) is 12.6. The molecule has 0 aromatic heterocycles. The number of rotatable bonds is 8. The molecule has 36 heavy (non-hydrogen) atoms. The van der Waals surface area contributed by atoms with Gasteiger partial charge in [-0.05, 0) is 44.0 Å². The van der Waals surface area contributed by atoms with Gasteiger partial charge in [-0.3, -0.25) is 14.3 Å². The smallest absolute Gasteiger partial charge is 0.492 e. The van der Waals surface area contributed by atoms with E-state index < -0.39 is 28.1 Å². The Morgan fingerprint density at radius 1 is 1.14 bits per heavy atom. The van der Waals surface area contributed by atoms with Crippen LogP contribution in [0, 0.1) is 5.92 Å². The van der Waals surface area contributed by atoms with E-state index >= 15 is 0 Å². The van der Waals surface area contributed by atoms with Crippen LogP contribution in [0.1, 0.15) is 26.7 Å². The van der Waals surface area contributed by atoms with Gasteiger partial charge >= 0.3 is 6.36 Å². The van der Waals surface area contributed by atoms with Crippen molar-refractivity contribution >= 4 is 33.2 Å². The number of nitrogens with one attached hydrogen (secondary N) is 2. The zero-order chi connectivity index (χ0) is 26.5. The van der Waals surface area contributed by atoms with Gasteiger partial charge < -0.3 is 19.7 Å². The normalized spacial score (nSPS) is 16.2. The highest BCUT2D eigenvalue weighted by Crippen LogP contribution is 2.31. The zero-order valence-electron chi connectivity index (χ0n) is 19.6. The first-order chi connectivity index (χ1) is 16.9. The molecule has 1 saturated heterocycles. The minimum Gasteiger partial charge on any atom is -0.492 e. The number of sulfonamides is 1. The van der Waals surface area contributed by atoms with E-state index in [4.69, 9.17) is 4.74 Å². The van der Waals surface area contributed by atoms with Crippen molar-refractivity contribution in [3.8, 4) is 11.5 Å². The Kier molecular flexibility index (Phi) is 8.33. The maximum atomic E-state index is 13.0. The third kappa shape index (κ3) is 7.26. The molecule has 2 aromatic rings. The summed E-state index contributed by atoms with van der Waals surface area (Å²) in [5, 5.41) is 2.73. The molecule has 1 unspecified atom stereocenters. The fourth-order valence-electron chi connectivity index (χ4n) is 3.76. The number of alkyl halides is 3. The topological polar surface area (TPSA) is 114 Å². The number of nitrogens with zero attached hydrogens (tertiary/aromatic N) is 1. The molecule has 196 valence electrons. The van der Waals surface area contributed by atoms with Crippen LogP contribution in [-0.4, -0.2) is 51.2 Å². The molecule has 1 fully saturated rings. The third-order valence-electron chi connectivity index (χ3n) is 5.36. The number of carbonyl (C=O) groups is 2. The van der Waals surface area contributed by atoms with Crippen LogP contribution in [0.25, 0.3) is 0 Å². The Bertz CT molecular complexity index is 1220. The quantitative estimate of drug-likeness (QED) is 0.535. The SMILES string of the molecule is CCOc1cc(NC(=O)C2CCCN(C(C)=O)C2)ccc1S(=O)(=O)Nc1cccc(OC(F)(F)F)c1. The van der Waals surface area contributed by atoms with E-state index in [1.54, 1.807) is 11.8 Å². The van der Waals surface area contributed by atoms with Crippen LogP contribution in [0.3, 0.4) is 0 Å². The van der Waals surface area contributed by atoms with Gasteiger partial charge in [0.1, 0.15) is 16.4 Å². The Hall–Kier alpha value is -3.48. The lowest BCUT2D eigenvalue weighted by molar-refractivity contribution is -0.274. The first kappa shape index (κ1) is 27.1. The first-order valence-electron chi connectivity index (χ1n) is 11.1. The molecule has 13 heteroatoms. The van der Waals surface area contributed by atoms with E-state index in [9.17, 15) is 31.2 Å². The number of amides is 2. The average Bonchev–Trinajstić information content (AvgIpc) is 2.78. The van der Waals surface area contributed by atoms with Gasteiger partial charge in [-0.15, -0.1) is 13.2 Å². The lowest BCUT2D eigenvalue weighted by Gasteiger charge is -2.31.